The van der Waals surface area contributed by atoms with E-state index in [1.807, 2.05) is 0 Å². The Labute approximate surface area is 81.0 Å². The maximum Gasteiger partial charge on any atom is 0.0587 e. The molecule has 0 bridgehead atoms. The van der Waals surface area contributed by atoms with Crippen molar-refractivity contribution in [1.29, 1.82) is 0 Å². The van der Waals surface area contributed by atoms with E-state index in [2.05, 4.69) is 5.32 Å². The van der Waals surface area contributed by atoms with Crippen molar-refractivity contribution in [3.05, 3.63) is 0 Å². The fraction of sp³-hybridized carbons (Fsp3) is 1.00. The van der Waals surface area contributed by atoms with Crippen LogP contribution in [-0.2, 0) is 4.74 Å². The Morgan fingerprint density at radius 3 is 2.62 bits per heavy atom. The Bertz CT molecular complexity index is 133. The van der Waals surface area contributed by atoms with Crippen molar-refractivity contribution >= 4 is 0 Å². The maximum absolute atomic E-state index is 6.20. The first-order chi connectivity index (χ1) is 6.27. The number of hydrogen-bond donors (Lipinski definition) is 2. The van der Waals surface area contributed by atoms with Gasteiger partial charge in [-0.15, -0.1) is 0 Å². The van der Waals surface area contributed by atoms with Crippen molar-refractivity contribution in [2.45, 2.75) is 37.6 Å². The molecule has 0 heterocycles. The zero-order valence-electron chi connectivity index (χ0n) is 8.64. The highest BCUT2D eigenvalue weighted by Gasteiger charge is 2.28. The lowest BCUT2D eigenvalue weighted by Gasteiger charge is -2.23. The second-order valence-electron chi connectivity index (χ2n) is 4.06. The van der Waals surface area contributed by atoms with Gasteiger partial charge in [-0.1, -0.05) is 12.8 Å². The summed E-state index contributed by atoms with van der Waals surface area (Å²) in [6, 6.07) is 0. The molecule has 0 aromatic rings. The van der Waals surface area contributed by atoms with Crippen LogP contribution >= 0.6 is 0 Å². The smallest absolute Gasteiger partial charge is 0.0587 e. The Hall–Kier alpha value is -0.120. The summed E-state index contributed by atoms with van der Waals surface area (Å²) in [5, 5.41) is 3.33. The molecule has 3 heteroatoms. The fourth-order valence-corrected chi connectivity index (χ4v) is 1.97. The number of rotatable bonds is 6. The van der Waals surface area contributed by atoms with Crippen LogP contribution < -0.4 is 11.1 Å². The quantitative estimate of drug-likeness (QED) is 0.605. The Morgan fingerprint density at radius 2 is 2.00 bits per heavy atom. The number of hydrogen-bond acceptors (Lipinski definition) is 3. The van der Waals surface area contributed by atoms with Crippen molar-refractivity contribution in [1.82, 2.24) is 5.32 Å². The molecule has 0 spiro atoms. The van der Waals surface area contributed by atoms with Crippen LogP contribution in [0.1, 0.15) is 32.1 Å². The van der Waals surface area contributed by atoms with Crippen LogP contribution in [0.5, 0.6) is 0 Å². The van der Waals surface area contributed by atoms with Crippen LogP contribution in [0.15, 0.2) is 0 Å². The van der Waals surface area contributed by atoms with Gasteiger partial charge in [-0.25, -0.2) is 0 Å². The molecule has 0 radical (unpaired) electrons. The van der Waals surface area contributed by atoms with Crippen molar-refractivity contribution in [3.63, 3.8) is 0 Å². The first-order valence-corrected chi connectivity index (χ1v) is 5.25. The molecule has 0 saturated heterocycles. The van der Waals surface area contributed by atoms with E-state index in [0.717, 1.165) is 26.1 Å². The molecular formula is C10H22N2O. The predicted octanol–water partition coefficient (Wildman–Crippen LogP) is 0.884. The molecule has 3 N–H and O–H groups in total. The number of nitrogens with one attached hydrogen (secondary N) is 1. The summed E-state index contributed by atoms with van der Waals surface area (Å²) in [4.78, 5) is 0. The molecule has 3 nitrogen and oxygen atoms in total. The Balaban J connectivity index is 1.98. The summed E-state index contributed by atoms with van der Waals surface area (Å²) in [5.74, 6) is 0. The van der Waals surface area contributed by atoms with E-state index in [0.29, 0.717) is 0 Å². The van der Waals surface area contributed by atoms with Crippen molar-refractivity contribution in [3.8, 4) is 0 Å². The average molecular weight is 186 g/mol. The number of ether oxygens (including phenoxy) is 1. The standard InChI is InChI=1S/C10H22N2O/c1-13-9-8-12-7-6-10(11)4-2-3-5-10/h12H,2-9,11H2,1H3. The lowest BCUT2D eigenvalue weighted by Crippen LogP contribution is -2.39. The van der Waals surface area contributed by atoms with Gasteiger partial charge in [-0.3, -0.25) is 0 Å². The highest BCUT2D eigenvalue weighted by atomic mass is 16.5. The predicted molar refractivity (Wildman–Crippen MR) is 54.7 cm³/mol. The second-order valence-corrected chi connectivity index (χ2v) is 4.06. The third kappa shape index (κ3) is 4.07. The minimum Gasteiger partial charge on any atom is -0.383 e. The topological polar surface area (TPSA) is 47.3 Å². The van der Waals surface area contributed by atoms with Gasteiger partial charge in [0, 0.05) is 19.2 Å². The van der Waals surface area contributed by atoms with E-state index in [1.54, 1.807) is 7.11 Å². The van der Waals surface area contributed by atoms with Gasteiger partial charge in [-0.05, 0) is 25.8 Å². The zero-order chi connectivity index (χ0) is 9.57. The monoisotopic (exact) mass is 186 g/mol. The summed E-state index contributed by atoms with van der Waals surface area (Å²) in [6.07, 6.45) is 6.15. The van der Waals surface area contributed by atoms with Gasteiger partial charge < -0.3 is 15.8 Å². The van der Waals surface area contributed by atoms with E-state index < -0.39 is 0 Å². The summed E-state index contributed by atoms with van der Waals surface area (Å²) < 4.78 is 4.95. The molecule has 0 aromatic heterocycles. The van der Waals surface area contributed by atoms with Crippen molar-refractivity contribution < 1.29 is 4.74 Å². The molecule has 1 aliphatic carbocycles. The van der Waals surface area contributed by atoms with E-state index >= 15 is 0 Å². The lowest BCUT2D eigenvalue weighted by molar-refractivity contribution is 0.198. The highest BCUT2D eigenvalue weighted by Crippen LogP contribution is 2.29. The molecule has 0 atom stereocenters. The SMILES string of the molecule is COCCNCCC1(N)CCCC1. The Kier molecular flexibility index (Phi) is 4.70. The lowest BCUT2D eigenvalue weighted by atomic mass is 9.95. The molecular weight excluding hydrogens is 164 g/mol. The van der Waals surface area contributed by atoms with Gasteiger partial charge in [0.15, 0.2) is 0 Å². The van der Waals surface area contributed by atoms with Crippen LogP contribution in [0.25, 0.3) is 0 Å². The summed E-state index contributed by atoms with van der Waals surface area (Å²) in [6.45, 7) is 2.75. The minimum absolute atomic E-state index is 0.139. The third-order valence-electron chi connectivity index (χ3n) is 2.88. The number of nitrogens with two attached hydrogens (primary N) is 1. The fourth-order valence-electron chi connectivity index (χ4n) is 1.97. The molecule has 0 amide bonds. The van der Waals surface area contributed by atoms with Gasteiger partial charge >= 0.3 is 0 Å². The van der Waals surface area contributed by atoms with Gasteiger partial charge in [0.25, 0.3) is 0 Å². The maximum atomic E-state index is 6.20. The van der Waals surface area contributed by atoms with Gasteiger partial charge in [0.1, 0.15) is 0 Å². The highest BCUT2D eigenvalue weighted by molar-refractivity contribution is 4.89. The molecule has 1 rings (SSSR count). The summed E-state index contributed by atoms with van der Waals surface area (Å²) in [7, 11) is 1.73. The first-order valence-electron chi connectivity index (χ1n) is 5.25. The van der Waals surface area contributed by atoms with Crippen LogP contribution in [0.3, 0.4) is 0 Å². The molecule has 78 valence electrons. The van der Waals surface area contributed by atoms with E-state index in [4.69, 9.17) is 10.5 Å². The summed E-state index contributed by atoms with van der Waals surface area (Å²) in [5.41, 5.74) is 6.34. The molecule has 13 heavy (non-hydrogen) atoms. The molecule has 0 aliphatic heterocycles. The molecule has 0 unspecified atom stereocenters. The molecule has 1 fully saturated rings. The zero-order valence-corrected chi connectivity index (χ0v) is 8.64. The van der Waals surface area contributed by atoms with Crippen LogP contribution in [0.2, 0.25) is 0 Å². The summed E-state index contributed by atoms with van der Waals surface area (Å²) >= 11 is 0. The van der Waals surface area contributed by atoms with Gasteiger partial charge in [0.05, 0.1) is 6.61 Å². The van der Waals surface area contributed by atoms with Crippen LogP contribution in [0, 0.1) is 0 Å². The van der Waals surface area contributed by atoms with Crippen LogP contribution in [0.4, 0.5) is 0 Å². The molecule has 0 aromatic carbocycles. The Morgan fingerprint density at radius 1 is 1.31 bits per heavy atom. The molecule has 1 aliphatic rings. The van der Waals surface area contributed by atoms with E-state index in [-0.39, 0.29) is 5.54 Å². The van der Waals surface area contributed by atoms with Crippen LogP contribution in [-0.4, -0.2) is 32.3 Å². The number of methoxy groups -OCH3 is 1. The largest absolute Gasteiger partial charge is 0.383 e. The van der Waals surface area contributed by atoms with E-state index in [9.17, 15) is 0 Å². The van der Waals surface area contributed by atoms with Crippen molar-refractivity contribution in [2.75, 3.05) is 26.8 Å². The average Bonchev–Trinajstić information content (AvgIpc) is 2.53. The second kappa shape index (κ2) is 5.58. The van der Waals surface area contributed by atoms with Gasteiger partial charge in [0.2, 0.25) is 0 Å². The molecule has 1 saturated carbocycles. The van der Waals surface area contributed by atoms with Gasteiger partial charge in [-0.2, -0.15) is 0 Å². The minimum atomic E-state index is 0.139. The third-order valence-corrected chi connectivity index (χ3v) is 2.88. The first kappa shape index (κ1) is 11.0. The van der Waals surface area contributed by atoms with Crippen molar-refractivity contribution in [2.24, 2.45) is 5.73 Å². The van der Waals surface area contributed by atoms with E-state index in [1.165, 1.54) is 25.7 Å². The normalized spacial score (nSPS) is 20.8.